The second-order valence-electron chi connectivity index (χ2n) is 2.18. The first-order chi connectivity index (χ1) is 4.45. The van der Waals surface area contributed by atoms with Crippen molar-refractivity contribution in [2.45, 2.75) is 6.92 Å². The van der Waals surface area contributed by atoms with Crippen molar-refractivity contribution in [3.63, 3.8) is 0 Å². The van der Waals surface area contributed by atoms with E-state index in [1.165, 1.54) is 18.4 Å². The summed E-state index contributed by atoms with van der Waals surface area (Å²) in [5.41, 5.74) is 0. The summed E-state index contributed by atoms with van der Waals surface area (Å²) < 4.78 is 10.8. The summed E-state index contributed by atoms with van der Waals surface area (Å²) in [4.78, 5) is 9.70. The third kappa shape index (κ3) is 6.40. The number of thioether (sulfide) groups is 1. The molecular weight excluding hydrogens is 167 g/mol. The van der Waals surface area contributed by atoms with Crippen LogP contribution in [0.15, 0.2) is 11.5 Å². The van der Waals surface area contributed by atoms with Gasteiger partial charge < -0.3 is 4.89 Å². The zero-order valence-corrected chi connectivity index (χ0v) is 8.04. The molecule has 2 nitrogen and oxygen atoms in total. The molecule has 1 N–H and O–H groups in total. The van der Waals surface area contributed by atoms with Gasteiger partial charge in [0.1, 0.15) is 0 Å². The average Bonchev–Trinajstić information content (AvgIpc) is 1.59. The third-order valence-corrected chi connectivity index (χ3v) is 2.84. The normalized spacial score (nSPS) is 16.3. The van der Waals surface area contributed by atoms with E-state index >= 15 is 0 Å². The van der Waals surface area contributed by atoms with Gasteiger partial charge in [0.15, 0.2) is 0 Å². The molecule has 0 fully saturated rings. The van der Waals surface area contributed by atoms with Gasteiger partial charge in [-0.15, -0.1) is 11.8 Å². The van der Waals surface area contributed by atoms with Gasteiger partial charge in [0.25, 0.3) is 0 Å². The Bertz CT molecular complexity index is 161. The Morgan fingerprint density at radius 3 is 2.60 bits per heavy atom. The zero-order valence-electron chi connectivity index (χ0n) is 6.33. The van der Waals surface area contributed by atoms with E-state index in [1.54, 1.807) is 0 Å². The lowest BCUT2D eigenvalue weighted by molar-refractivity contribution is 0.488. The second-order valence-corrected chi connectivity index (χ2v) is 6.04. The Hall–Kier alpha value is 0.280. The summed E-state index contributed by atoms with van der Waals surface area (Å²) in [5.74, 6) is 0.916. The fraction of sp³-hybridized carbons (Fsp3) is 0.667. The van der Waals surface area contributed by atoms with Crippen LogP contribution in [0.1, 0.15) is 6.92 Å². The van der Waals surface area contributed by atoms with E-state index in [-0.39, 0.29) is 6.16 Å². The molecule has 0 aliphatic carbocycles. The number of hydrogen-bond acceptors (Lipinski definition) is 2. The minimum Gasteiger partial charge on any atom is -0.344 e. The van der Waals surface area contributed by atoms with Crippen LogP contribution in [0.25, 0.3) is 0 Å². The first-order valence-corrected chi connectivity index (χ1v) is 6.33. The lowest BCUT2D eigenvalue weighted by Crippen LogP contribution is -1.87. The van der Waals surface area contributed by atoms with Crippen LogP contribution in [0, 0.1) is 0 Å². The van der Waals surface area contributed by atoms with E-state index in [9.17, 15) is 4.57 Å². The van der Waals surface area contributed by atoms with Gasteiger partial charge in [-0.2, -0.15) is 0 Å². The Morgan fingerprint density at radius 1 is 1.80 bits per heavy atom. The Labute approximate surface area is 66.2 Å². The van der Waals surface area contributed by atoms with Gasteiger partial charge in [-0.25, -0.2) is 0 Å². The molecule has 0 heterocycles. The molecule has 0 bridgehead atoms. The van der Waals surface area contributed by atoms with Crippen LogP contribution in [-0.4, -0.2) is 23.5 Å². The quantitative estimate of drug-likeness (QED) is 0.673. The largest absolute Gasteiger partial charge is 0.344 e. The second kappa shape index (κ2) is 4.22. The highest BCUT2D eigenvalue weighted by Crippen LogP contribution is 2.39. The molecule has 0 aromatic carbocycles. The smallest absolute Gasteiger partial charge is 0.202 e. The molecule has 10 heavy (non-hydrogen) atoms. The van der Waals surface area contributed by atoms with Crippen molar-refractivity contribution in [3.8, 4) is 0 Å². The molecule has 0 aromatic heterocycles. The van der Waals surface area contributed by atoms with Crippen LogP contribution < -0.4 is 0 Å². The fourth-order valence-electron chi connectivity index (χ4n) is 0.577. The summed E-state index contributed by atoms with van der Waals surface area (Å²) in [6, 6.07) is 0. The number of hydrogen-bond donors (Lipinski definition) is 1. The summed E-state index contributed by atoms with van der Waals surface area (Å²) in [7, 11) is -2.87. The minimum atomic E-state index is -2.87. The lowest BCUT2D eigenvalue weighted by atomic mass is 10.7. The minimum absolute atomic E-state index is 0.242. The highest BCUT2D eigenvalue weighted by atomic mass is 32.2. The highest BCUT2D eigenvalue weighted by Gasteiger charge is 2.10. The Morgan fingerprint density at radius 2 is 2.30 bits per heavy atom. The molecule has 0 aromatic rings. The van der Waals surface area contributed by atoms with Crippen molar-refractivity contribution in [2.24, 2.45) is 0 Å². The first-order valence-electron chi connectivity index (χ1n) is 3.05. The van der Waals surface area contributed by atoms with E-state index in [0.29, 0.717) is 0 Å². The van der Waals surface area contributed by atoms with Crippen molar-refractivity contribution < 1.29 is 9.46 Å². The van der Waals surface area contributed by atoms with Crippen molar-refractivity contribution in [1.82, 2.24) is 0 Å². The lowest BCUT2D eigenvalue weighted by Gasteiger charge is -2.05. The third-order valence-electron chi connectivity index (χ3n) is 0.818. The maximum Gasteiger partial charge on any atom is 0.202 e. The fourth-order valence-corrected chi connectivity index (χ4v) is 2.72. The van der Waals surface area contributed by atoms with Crippen molar-refractivity contribution in [3.05, 3.63) is 11.5 Å². The van der Waals surface area contributed by atoms with Crippen molar-refractivity contribution in [2.75, 3.05) is 18.6 Å². The predicted octanol–water partition coefficient (Wildman–Crippen LogP) is 2.15. The maximum atomic E-state index is 10.8. The molecule has 0 spiro atoms. The van der Waals surface area contributed by atoms with Crippen LogP contribution in [0.4, 0.5) is 0 Å². The molecule has 1 unspecified atom stereocenters. The highest BCUT2D eigenvalue weighted by molar-refractivity contribution is 8.03. The molecule has 0 amide bonds. The van der Waals surface area contributed by atoms with Crippen molar-refractivity contribution >= 4 is 19.1 Å². The molecule has 0 saturated heterocycles. The van der Waals surface area contributed by atoms with Crippen LogP contribution in [-0.2, 0) is 4.57 Å². The Kier molecular flexibility index (Phi) is 4.34. The maximum absolute atomic E-state index is 10.8. The van der Waals surface area contributed by atoms with E-state index < -0.39 is 7.37 Å². The molecule has 0 radical (unpaired) electrons. The van der Waals surface area contributed by atoms with E-state index in [2.05, 4.69) is 6.58 Å². The summed E-state index contributed by atoms with van der Waals surface area (Å²) >= 11 is 1.53. The van der Waals surface area contributed by atoms with Gasteiger partial charge in [0, 0.05) is 6.66 Å². The van der Waals surface area contributed by atoms with E-state index in [4.69, 9.17) is 4.89 Å². The molecule has 0 saturated carbocycles. The van der Waals surface area contributed by atoms with Crippen LogP contribution in [0.3, 0.4) is 0 Å². The van der Waals surface area contributed by atoms with Gasteiger partial charge in [0.05, 0.1) is 6.16 Å². The van der Waals surface area contributed by atoms with Gasteiger partial charge in [0.2, 0.25) is 7.37 Å². The molecule has 1 atom stereocenters. The summed E-state index contributed by atoms with van der Waals surface area (Å²) in [5, 5.41) is 0. The van der Waals surface area contributed by atoms with Crippen LogP contribution in [0.5, 0.6) is 0 Å². The first kappa shape index (κ1) is 10.3. The topological polar surface area (TPSA) is 37.3 Å². The molecule has 0 rings (SSSR count). The average molecular weight is 180 g/mol. The Balaban J connectivity index is 3.70. The van der Waals surface area contributed by atoms with Gasteiger partial charge in [-0.3, -0.25) is 4.57 Å². The molecule has 0 aliphatic heterocycles. The van der Waals surface area contributed by atoms with Crippen LogP contribution >= 0.6 is 19.1 Å². The van der Waals surface area contributed by atoms with Crippen molar-refractivity contribution in [1.29, 1.82) is 0 Å². The number of rotatable bonds is 4. The number of allylic oxidation sites excluding steroid dienone is 1. The standard InChI is InChI=1S/C6H13O2PS/c1-4-10-6(2)5-9(3,7)8/h2,4-5H2,1,3H3,(H,7,8). The monoisotopic (exact) mass is 180 g/mol. The summed E-state index contributed by atoms with van der Waals surface area (Å²) in [6.07, 6.45) is 0.242. The van der Waals surface area contributed by atoms with Gasteiger partial charge in [-0.05, 0) is 10.7 Å². The van der Waals surface area contributed by atoms with Gasteiger partial charge in [-0.1, -0.05) is 13.5 Å². The summed E-state index contributed by atoms with van der Waals surface area (Å²) in [6.45, 7) is 7.01. The molecule has 60 valence electrons. The zero-order chi connectivity index (χ0) is 8.20. The molecule has 0 aliphatic rings. The van der Waals surface area contributed by atoms with E-state index in [1.807, 2.05) is 6.92 Å². The van der Waals surface area contributed by atoms with Crippen LogP contribution in [0.2, 0.25) is 0 Å². The van der Waals surface area contributed by atoms with E-state index in [0.717, 1.165) is 10.7 Å². The SMILES string of the molecule is C=C(CP(C)(=O)O)SCC. The predicted molar refractivity (Wildman–Crippen MR) is 47.9 cm³/mol. The molecule has 4 heteroatoms. The molecular formula is C6H13O2PS. The van der Waals surface area contributed by atoms with Gasteiger partial charge >= 0.3 is 0 Å².